The SMILES string of the molecule is COc1ccc(C(=O)Nc2ccc3c(c2)N(S(=O)(=O)c2ccc(C)cc2)CCC3)cc1. The van der Waals surface area contributed by atoms with E-state index in [4.69, 9.17) is 4.74 Å². The molecule has 31 heavy (non-hydrogen) atoms. The summed E-state index contributed by atoms with van der Waals surface area (Å²) < 4.78 is 33.2. The molecule has 0 unspecified atom stereocenters. The van der Waals surface area contributed by atoms with Crippen LogP contribution in [0.3, 0.4) is 0 Å². The molecule has 4 rings (SSSR count). The Morgan fingerprint density at radius 3 is 2.39 bits per heavy atom. The average molecular weight is 437 g/mol. The fourth-order valence-electron chi connectivity index (χ4n) is 3.65. The van der Waals surface area contributed by atoms with Gasteiger partial charge in [-0.25, -0.2) is 8.42 Å². The number of hydrogen-bond acceptors (Lipinski definition) is 4. The van der Waals surface area contributed by atoms with Crippen LogP contribution in [-0.4, -0.2) is 28.0 Å². The molecule has 7 heteroatoms. The van der Waals surface area contributed by atoms with Gasteiger partial charge in [-0.1, -0.05) is 23.8 Å². The van der Waals surface area contributed by atoms with Crippen LogP contribution in [0, 0.1) is 6.92 Å². The van der Waals surface area contributed by atoms with E-state index >= 15 is 0 Å². The van der Waals surface area contributed by atoms with Gasteiger partial charge in [-0.3, -0.25) is 9.10 Å². The Hall–Kier alpha value is -3.32. The van der Waals surface area contributed by atoms with Gasteiger partial charge in [0.1, 0.15) is 5.75 Å². The van der Waals surface area contributed by atoms with Crippen molar-refractivity contribution >= 4 is 27.3 Å². The molecule has 1 heterocycles. The molecular weight excluding hydrogens is 412 g/mol. The van der Waals surface area contributed by atoms with Crippen molar-refractivity contribution in [3.63, 3.8) is 0 Å². The Bertz CT molecular complexity index is 1200. The number of nitrogens with one attached hydrogen (secondary N) is 1. The number of carbonyl (C=O) groups is 1. The normalized spacial score (nSPS) is 13.4. The maximum absolute atomic E-state index is 13.3. The highest BCUT2D eigenvalue weighted by molar-refractivity contribution is 7.92. The Labute approximate surface area is 182 Å². The van der Waals surface area contributed by atoms with Crippen LogP contribution in [0.15, 0.2) is 71.6 Å². The highest BCUT2D eigenvalue weighted by atomic mass is 32.2. The third kappa shape index (κ3) is 4.27. The Balaban J connectivity index is 1.63. The fraction of sp³-hybridized carbons (Fsp3) is 0.208. The molecule has 6 nitrogen and oxygen atoms in total. The molecule has 0 radical (unpaired) electrons. The van der Waals surface area contributed by atoms with Crippen molar-refractivity contribution in [3.05, 3.63) is 83.4 Å². The lowest BCUT2D eigenvalue weighted by atomic mass is 10.0. The summed E-state index contributed by atoms with van der Waals surface area (Å²) in [6.07, 6.45) is 1.54. The number of rotatable bonds is 5. The van der Waals surface area contributed by atoms with E-state index in [1.807, 2.05) is 19.1 Å². The molecule has 0 saturated carbocycles. The van der Waals surface area contributed by atoms with Gasteiger partial charge >= 0.3 is 0 Å². The number of benzene rings is 3. The van der Waals surface area contributed by atoms with E-state index in [9.17, 15) is 13.2 Å². The van der Waals surface area contributed by atoms with E-state index in [0.717, 1.165) is 24.0 Å². The summed E-state index contributed by atoms with van der Waals surface area (Å²) in [7, 11) is -2.12. The van der Waals surface area contributed by atoms with E-state index in [0.29, 0.717) is 29.2 Å². The van der Waals surface area contributed by atoms with Crippen molar-refractivity contribution in [3.8, 4) is 5.75 Å². The number of fused-ring (bicyclic) bond motifs is 1. The molecule has 1 N–H and O–H groups in total. The van der Waals surface area contributed by atoms with Crippen molar-refractivity contribution in [1.82, 2.24) is 0 Å². The smallest absolute Gasteiger partial charge is 0.264 e. The number of ether oxygens (including phenoxy) is 1. The first-order chi connectivity index (χ1) is 14.9. The van der Waals surface area contributed by atoms with Gasteiger partial charge < -0.3 is 10.1 Å². The Morgan fingerprint density at radius 1 is 1.00 bits per heavy atom. The van der Waals surface area contributed by atoms with Gasteiger partial charge in [0.25, 0.3) is 15.9 Å². The van der Waals surface area contributed by atoms with Gasteiger partial charge in [0.05, 0.1) is 17.7 Å². The van der Waals surface area contributed by atoms with Gasteiger partial charge in [-0.05, 0) is 73.9 Å². The summed E-state index contributed by atoms with van der Waals surface area (Å²) in [5, 5.41) is 2.86. The third-order valence-electron chi connectivity index (χ3n) is 5.38. The zero-order chi connectivity index (χ0) is 22.0. The summed E-state index contributed by atoms with van der Waals surface area (Å²) in [6.45, 7) is 2.32. The molecule has 1 amide bonds. The molecule has 0 bridgehead atoms. The summed E-state index contributed by atoms with van der Waals surface area (Å²) in [4.78, 5) is 12.9. The molecule has 0 saturated heterocycles. The lowest BCUT2D eigenvalue weighted by Gasteiger charge is -2.31. The average Bonchev–Trinajstić information content (AvgIpc) is 2.79. The second-order valence-corrected chi connectivity index (χ2v) is 9.38. The van der Waals surface area contributed by atoms with E-state index in [1.165, 1.54) is 4.31 Å². The van der Waals surface area contributed by atoms with Crippen LogP contribution in [0.4, 0.5) is 11.4 Å². The summed E-state index contributed by atoms with van der Waals surface area (Å²) in [6, 6.07) is 19.1. The minimum Gasteiger partial charge on any atom is -0.497 e. The number of anilines is 2. The zero-order valence-corrected chi connectivity index (χ0v) is 18.3. The predicted molar refractivity (Wildman–Crippen MR) is 121 cm³/mol. The number of hydrogen-bond donors (Lipinski definition) is 1. The maximum Gasteiger partial charge on any atom is 0.264 e. The van der Waals surface area contributed by atoms with Crippen LogP contribution < -0.4 is 14.4 Å². The molecule has 0 aromatic heterocycles. The number of sulfonamides is 1. The molecule has 1 aliphatic heterocycles. The van der Waals surface area contributed by atoms with Gasteiger partial charge in [0, 0.05) is 17.8 Å². The monoisotopic (exact) mass is 436 g/mol. The number of nitrogens with zero attached hydrogens (tertiary/aromatic N) is 1. The standard InChI is InChI=1S/C24H24N2O4S/c1-17-5-13-22(14-6-17)31(28,29)26-15-3-4-18-7-10-20(16-23(18)26)25-24(27)19-8-11-21(30-2)12-9-19/h5-14,16H,3-4,15H2,1-2H3,(H,25,27). The largest absolute Gasteiger partial charge is 0.497 e. The zero-order valence-electron chi connectivity index (χ0n) is 17.5. The van der Waals surface area contributed by atoms with Crippen molar-refractivity contribution in [2.75, 3.05) is 23.3 Å². The van der Waals surface area contributed by atoms with Crippen molar-refractivity contribution in [1.29, 1.82) is 0 Å². The van der Waals surface area contributed by atoms with E-state index in [-0.39, 0.29) is 10.8 Å². The fourth-order valence-corrected chi connectivity index (χ4v) is 5.18. The molecule has 0 aliphatic carbocycles. The first-order valence-electron chi connectivity index (χ1n) is 10.1. The van der Waals surface area contributed by atoms with Crippen molar-refractivity contribution in [2.45, 2.75) is 24.7 Å². The van der Waals surface area contributed by atoms with Crippen LogP contribution in [0.2, 0.25) is 0 Å². The van der Waals surface area contributed by atoms with Gasteiger partial charge in [-0.15, -0.1) is 0 Å². The molecule has 0 atom stereocenters. The first-order valence-corrected chi connectivity index (χ1v) is 11.5. The van der Waals surface area contributed by atoms with E-state index < -0.39 is 10.0 Å². The minimum atomic E-state index is -3.69. The second kappa shape index (κ2) is 8.43. The number of amides is 1. The molecule has 1 aliphatic rings. The molecule has 0 fully saturated rings. The third-order valence-corrected chi connectivity index (χ3v) is 7.21. The molecule has 3 aromatic rings. The lowest BCUT2D eigenvalue weighted by Crippen LogP contribution is -2.35. The van der Waals surface area contributed by atoms with Crippen LogP contribution in [-0.2, 0) is 16.4 Å². The highest BCUT2D eigenvalue weighted by Gasteiger charge is 2.29. The topological polar surface area (TPSA) is 75.7 Å². The number of carbonyl (C=O) groups excluding carboxylic acids is 1. The Kier molecular flexibility index (Phi) is 5.69. The quantitative estimate of drug-likeness (QED) is 0.643. The van der Waals surface area contributed by atoms with E-state index in [2.05, 4.69) is 5.32 Å². The molecule has 160 valence electrons. The summed E-state index contributed by atoms with van der Waals surface area (Å²) in [5.74, 6) is 0.397. The lowest BCUT2D eigenvalue weighted by molar-refractivity contribution is 0.102. The van der Waals surface area contributed by atoms with Crippen LogP contribution in [0.1, 0.15) is 27.9 Å². The first kappa shape index (κ1) is 20.9. The molecule has 3 aromatic carbocycles. The minimum absolute atomic E-state index is 0.263. The van der Waals surface area contributed by atoms with Gasteiger partial charge in [-0.2, -0.15) is 0 Å². The number of aryl methyl sites for hydroxylation is 2. The van der Waals surface area contributed by atoms with Crippen molar-refractivity contribution < 1.29 is 17.9 Å². The van der Waals surface area contributed by atoms with Crippen LogP contribution in [0.5, 0.6) is 5.75 Å². The molecular formula is C24H24N2O4S. The second-order valence-electron chi connectivity index (χ2n) is 7.52. The van der Waals surface area contributed by atoms with E-state index in [1.54, 1.807) is 61.7 Å². The van der Waals surface area contributed by atoms with Gasteiger partial charge in [0.15, 0.2) is 0 Å². The maximum atomic E-state index is 13.3. The van der Waals surface area contributed by atoms with Gasteiger partial charge in [0.2, 0.25) is 0 Å². The highest BCUT2D eigenvalue weighted by Crippen LogP contribution is 2.34. The molecule has 0 spiro atoms. The predicted octanol–water partition coefficient (Wildman–Crippen LogP) is 4.40. The number of methoxy groups -OCH3 is 1. The Morgan fingerprint density at radius 2 is 1.71 bits per heavy atom. The summed E-state index contributed by atoms with van der Waals surface area (Å²) >= 11 is 0. The summed E-state index contributed by atoms with van der Waals surface area (Å²) in [5.41, 5.74) is 3.60. The van der Waals surface area contributed by atoms with Crippen LogP contribution >= 0.6 is 0 Å². The van der Waals surface area contributed by atoms with Crippen LogP contribution in [0.25, 0.3) is 0 Å². The van der Waals surface area contributed by atoms with Crippen molar-refractivity contribution in [2.24, 2.45) is 0 Å².